The van der Waals surface area contributed by atoms with Crippen LogP contribution in [-0.2, 0) is 14.5 Å². The number of hydrogen-bond acceptors (Lipinski definition) is 4. The van der Waals surface area contributed by atoms with Crippen LogP contribution in [0.5, 0.6) is 0 Å². The summed E-state index contributed by atoms with van der Waals surface area (Å²) in [7, 11) is 1.54. The Hall–Kier alpha value is -0.650. The fraction of sp³-hybridized carbons (Fsp3) is 0.538. The summed E-state index contributed by atoms with van der Waals surface area (Å²) >= 11 is 5.84. The van der Waals surface area contributed by atoms with E-state index in [2.05, 4.69) is 0 Å². The Balaban J connectivity index is 2.12. The van der Waals surface area contributed by atoms with Crippen LogP contribution in [0.3, 0.4) is 0 Å². The van der Waals surface area contributed by atoms with Crippen LogP contribution in [0.2, 0.25) is 5.02 Å². The van der Waals surface area contributed by atoms with E-state index >= 15 is 0 Å². The Bertz CT molecular complexity index is 394. The first-order chi connectivity index (χ1) is 8.59. The molecule has 18 heavy (non-hydrogen) atoms. The van der Waals surface area contributed by atoms with Crippen LogP contribution in [0, 0.1) is 5.92 Å². The van der Waals surface area contributed by atoms with Crippen LogP contribution in [0.15, 0.2) is 24.3 Å². The van der Waals surface area contributed by atoms with Crippen molar-refractivity contribution in [1.29, 1.82) is 0 Å². The Kier molecular flexibility index (Phi) is 4.25. The zero-order valence-corrected chi connectivity index (χ0v) is 11.2. The summed E-state index contributed by atoms with van der Waals surface area (Å²) in [5.74, 6) is -1.05. The maximum absolute atomic E-state index is 9.43. The summed E-state index contributed by atoms with van der Waals surface area (Å²) in [6.07, 6.45) is 0.408. The topological polar surface area (TPSA) is 47.9 Å². The number of ether oxygens (including phenoxy) is 1. The molecule has 0 amide bonds. The molecule has 1 aromatic rings. The average molecular weight is 273 g/mol. The summed E-state index contributed by atoms with van der Waals surface area (Å²) in [4.78, 5) is 10.7. The van der Waals surface area contributed by atoms with Gasteiger partial charge in [0.25, 0.3) is 0 Å². The second-order valence-electron chi connectivity index (χ2n) is 4.56. The van der Waals surface area contributed by atoms with Gasteiger partial charge < -0.3 is 9.84 Å². The molecule has 0 aromatic heterocycles. The van der Waals surface area contributed by atoms with Gasteiger partial charge in [-0.1, -0.05) is 23.7 Å². The van der Waals surface area contributed by atoms with Gasteiger partial charge in [-0.3, -0.25) is 0 Å². The van der Waals surface area contributed by atoms with Crippen molar-refractivity contribution in [1.82, 2.24) is 0 Å². The minimum Gasteiger partial charge on any atom is -0.396 e. The Labute approximate surface area is 111 Å². The Morgan fingerprint density at radius 1 is 1.44 bits per heavy atom. The smallest absolute Gasteiger partial charge is 0.203 e. The largest absolute Gasteiger partial charge is 0.396 e. The summed E-state index contributed by atoms with van der Waals surface area (Å²) in [5.41, 5.74) is 0.969. The van der Waals surface area contributed by atoms with Gasteiger partial charge in [0.05, 0.1) is 6.61 Å². The van der Waals surface area contributed by atoms with Gasteiger partial charge in [-0.05, 0) is 31.0 Å². The van der Waals surface area contributed by atoms with E-state index < -0.39 is 5.79 Å². The van der Waals surface area contributed by atoms with Crippen LogP contribution in [0.25, 0.3) is 0 Å². The molecule has 0 saturated carbocycles. The molecule has 3 atom stereocenters. The van der Waals surface area contributed by atoms with E-state index in [-0.39, 0.29) is 18.6 Å². The monoisotopic (exact) mass is 272 g/mol. The van der Waals surface area contributed by atoms with Crippen molar-refractivity contribution >= 4 is 11.6 Å². The lowest BCUT2D eigenvalue weighted by molar-refractivity contribution is -0.479. The number of aliphatic hydroxyl groups excluding tert-OH is 1. The maximum atomic E-state index is 9.43. The molecule has 1 aromatic carbocycles. The van der Waals surface area contributed by atoms with Crippen molar-refractivity contribution in [2.45, 2.75) is 25.2 Å². The van der Waals surface area contributed by atoms with Gasteiger partial charge >= 0.3 is 0 Å². The van der Waals surface area contributed by atoms with E-state index in [1.165, 1.54) is 7.11 Å². The molecule has 2 rings (SSSR count). The summed E-state index contributed by atoms with van der Waals surface area (Å²) < 4.78 is 5.26. The summed E-state index contributed by atoms with van der Waals surface area (Å²) in [6, 6.07) is 7.39. The highest BCUT2D eigenvalue weighted by Crippen LogP contribution is 2.39. The second kappa shape index (κ2) is 5.55. The van der Waals surface area contributed by atoms with Crippen LogP contribution >= 0.6 is 11.6 Å². The van der Waals surface area contributed by atoms with Crippen molar-refractivity contribution in [3.05, 3.63) is 34.9 Å². The van der Waals surface area contributed by atoms with Crippen molar-refractivity contribution in [2.75, 3.05) is 13.7 Å². The highest BCUT2D eigenvalue weighted by molar-refractivity contribution is 6.30. The molecule has 0 bridgehead atoms. The molecular formula is C13H17ClO4. The fourth-order valence-electron chi connectivity index (χ4n) is 2.04. The van der Waals surface area contributed by atoms with Crippen molar-refractivity contribution in [2.24, 2.45) is 5.92 Å². The standard InChI is InChI=1S/C13H17ClO4/c1-13(16-2)10(8-15)7-12(17-18-13)9-3-5-11(14)6-4-9/h3-6,10,12,15H,7-8H2,1-2H3. The fourth-order valence-corrected chi connectivity index (χ4v) is 2.17. The maximum Gasteiger partial charge on any atom is 0.203 e. The van der Waals surface area contributed by atoms with Gasteiger partial charge in [0.1, 0.15) is 6.10 Å². The van der Waals surface area contributed by atoms with Gasteiger partial charge in [0.15, 0.2) is 0 Å². The summed E-state index contributed by atoms with van der Waals surface area (Å²) in [6.45, 7) is 1.74. The number of benzene rings is 1. The number of halogens is 1. The van der Waals surface area contributed by atoms with E-state index in [0.29, 0.717) is 11.4 Å². The van der Waals surface area contributed by atoms with Crippen LogP contribution < -0.4 is 0 Å². The van der Waals surface area contributed by atoms with E-state index in [1.54, 1.807) is 19.1 Å². The lowest BCUT2D eigenvalue weighted by Gasteiger charge is -2.40. The molecule has 0 aliphatic carbocycles. The molecule has 4 nitrogen and oxygen atoms in total. The highest BCUT2D eigenvalue weighted by Gasteiger charge is 2.43. The molecular weight excluding hydrogens is 256 g/mol. The highest BCUT2D eigenvalue weighted by atomic mass is 35.5. The zero-order valence-electron chi connectivity index (χ0n) is 10.4. The molecule has 3 unspecified atom stereocenters. The van der Waals surface area contributed by atoms with Gasteiger partial charge in [0.2, 0.25) is 5.79 Å². The SMILES string of the molecule is COC1(C)OOC(c2ccc(Cl)cc2)CC1CO. The molecule has 5 heteroatoms. The zero-order chi connectivity index (χ0) is 13.2. The van der Waals surface area contributed by atoms with Crippen molar-refractivity contribution < 1.29 is 19.6 Å². The van der Waals surface area contributed by atoms with Gasteiger partial charge in [0, 0.05) is 18.1 Å². The molecule has 1 N–H and O–H groups in total. The van der Waals surface area contributed by atoms with Crippen LogP contribution in [0.1, 0.15) is 25.0 Å². The first-order valence-corrected chi connectivity index (χ1v) is 6.23. The molecule has 1 heterocycles. The molecule has 100 valence electrons. The molecule has 1 fully saturated rings. The normalized spacial score (nSPS) is 32.4. The molecule has 0 radical (unpaired) electrons. The van der Waals surface area contributed by atoms with Gasteiger partial charge in [-0.25, -0.2) is 9.78 Å². The molecule has 1 saturated heterocycles. The van der Waals surface area contributed by atoms with E-state index in [9.17, 15) is 5.11 Å². The van der Waals surface area contributed by atoms with Crippen LogP contribution in [-0.4, -0.2) is 24.6 Å². The number of rotatable bonds is 3. The lowest BCUT2D eigenvalue weighted by atomic mass is 9.90. The summed E-state index contributed by atoms with van der Waals surface area (Å²) in [5, 5.41) is 10.1. The van der Waals surface area contributed by atoms with Crippen molar-refractivity contribution in [3.63, 3.8) is 0 Å². The van der Waals surface area contributed by atoms with Gasteiger partial charge in [-0.2, -0.15) is 0 Å². The third kappa shape index (κ3) is 2.68. The van der Waals surface area contributed by atoms with E-state index in [4.69, 9.17) is 26.1 Å². The molecule has 0 spiro atoms. The molecule has 1 aliphatic heterocycles. The first kappa shape index (κ1) is 13.8. The van der Waals surface area contributed by atoms with Crippen molar-refractivity contribution in [3.8, 4) is 0 Å². The predicted molar refractivity (Wildman–Crippen MR) is 67.0 cm³/mol. The number of aliphatic hydroxyl groups is 1. The second-order valence-corrected chi connectivity index (χ2v) is 4.99. The molecule has 1 aliphatic rings. The Morgan fingerprint density at radius 2 is 2.11 bits per heavy atom. The quantitative estimate of drug-likeness (QED) is 0.860. The average Bonchev–Trinajstić information content (AvgIpc) is 2.40. The minimum atomic E-state index is -0.905. The lowest BCUT2D eigenvalue weighted by Crippen LogP contribution is -2.46. The van der Waals surface area contributed by atoms with E-state index in [0.717, 1.165) is 5.56 Å². The minimum absolute atomic E-state index is 0.0161. The predicted octanol–water partition coefficient (Wildman–Crippen LogP) is 2.70. The van der Waals surface area contributed by atoms with Gasteiger partial charge in [-0.15, -0.1) is 0 Å². The number of hydrogen-bond donors (Lipinski definition) is 1. The third-order valence-electron chi connectivity index (χ3n) is 3.44. The first-order valence-electron chi connectivity index (χ1n) is 5.85. The number of methoxy groups -OCH3 is 1. The van der Waals surface area contributed by atoms with Crippen LogP contribution in [0.4, 0.5) is 0 Å². The van der Waals surface area contributed by atoms with E-state index in [1.807, 2.05) is 12.1 Å². The Morgan fingerprint density at radius 3 is 2.67 bits per heavy atom. The third-order valence-corrected chi connectivity index (χ3v) is 3.69.